The monoisotopic (exact) mass is 307 g/mol. The maximum absolute atomic E-state index is 12.8. The van der Waals surface area contributed by atoms with Crippen molar-refractivity contribution >= 4 is 28.8 Å². The molecule has 0 radical (unpaired) electrons. The van der Waals surface area contributed by atoms with Crippen LogP contribution in [0.2, 0.25) is 0 Å². The Hall–Kier alpha value is -3.40. The van der Waals surface area contributed by atoms with E-state index in [0.717, 1.165) is 0 Å². The molecular formula is C16H13N5O2. The predicted octanol–water partition coefficient (Wildman–Crippen LogP) is 0.125. The van der Waals surface area contributed by atoms with Gasteiger partial charge in [-0.1, -0.05) is 12.1 Å². The molecule has 23 heavy (non-hydrogen) atoms. The molecule has 1 amide bonds. The van der Waals surface area contributed by atoms with Gasteiger partial charge in [0, 0.05) is 13.1 Å². The first-order chi connectivity index (χ1) is 11.0. The maximum Gasteiger partial charge on any atom is 0.265 e. The quantitative estimate of drug-likeness (QED) is 0.655. The Morgan fingerprint density at radius 3 is 2.83 bits per heavy atom. The van der Waals surface area contributed by atoms with Crippen LogP contribution < -0.4 is 21.6 Å². The molecule has 0 aliphatic rings. The molecule has 0 saturated heterocycles. The van der Waals surface area contributed by atoms with Gasteiger partial charge in [-0.3, -0.25) is 19.4 Å². The molecule has 0 aliphatic heterocycles. The number of amides is 1. The average Bonchev–Trinajstić information content (AvgIpc) is 2.90. The Morgan fingerprint density at radius 2 is 2.13 bits per heavy atom. The summed E-state index contributed by atoms with van der Waals surface area (Å²) in [6.07, 6.45) is 1.38. The number of fused-ring (bicyclic) bond motifs is 3. The Bertz CT molecular complexity index is 1090. The van der Waals surface area contributed by atoms with E-state index in [4.69, 9.17) is 0 Å². The van der Waals surface area contributed by atoms with E-state index in [1.807, 2.05) is 6.07 Å². The highest BCUT2D eigenvalue weighted by Crippen LogP contribution is 2.17. The number of pyridine rings is 1. The van der Waals surface area contributed by atoms with Crippen LogP contribution in [0.5, 0.6) is 0 Å². The number of nitrogens with one attached hydrogen (secondary N) is 2. The topological polar surface area (TPSA) is 99.3 Å². The lowest BCUT2D eigenvalue weighted by atomic mass is 10.1. The number of carbonyl (C=O) groups is 1. The highest BCUT2D eigenvalue weighted by atomic mass is 16.2. The number of nitriles is 1. The number of hydrazine groups is 1. The van der Waals surface area contributed by atoms with Gasteiger partial charge in [-0.25, -0.2) is 4.98 Å². The van der Waals surface area contributed by atoms with Gasteiger partial charge in [-0.15, -0.1) is 0 Å². The van der Waals surface area contributed by atoms with Crippen molar-refractivity contribution in [1.82, 2.24) is 20.2 Å². The fourth-order valence-corrected chi connectivity index (χ4v) is 2.50. The van der Waals surface area contributed by atoms with E-state index in [0.29, 0.717) is 33.0 Å². The van der Waals surface area contributed by atoms with Crippen LogP contribution in [-0.4, -0.2) is 15.3 Å². The molecule has 7 nitrogen and oxygen atoms in total. The zero-order valence-corrected chi connectivity index (χ0v) is 12.5. The second-order valence-electron chi connectivity index (χ2n) is 5.06. The molecule has 114 valence electrons. The molecule has 0 unspecified atom stereocenters. The molecule has 3 rings (SSSR count). The Labute approximate surface area is 130 Å². The van der Waals surface area contributed by atoms with Gasteiger partial charge in [0.15, 0.2) is 5.65 Å². The summed E-state index contributed by atoms with van der Waals surface area (Å²) in [5.41, 5.74) is 7.11. The predicted molar refractivity (Wildman–Crippen MR) is 85.1 cm³/mol. The normalized spacial score (nSPS) is 11.6. The average molecular weight is 307 g/mol. The van der Waals surface area contributed by atoms with E-state index in [1.165, 1.54) is 17.5 Å². The molecular weight excluding hydrogens is 294 g/mol. The van der Waals surface area contributed by atoms with E-state index in [-0.39, 0.29) is 11.5 Å². The number of aromatic nitrogens is 2. The third kappa shape index (κ3) is 2.26. The largest absolute Gasteiger partial charge is 0.305 e. The van der Waals surface area contributed by atoms with Crippen molar-refractivity contribution in [2.45, 2.75) is 13.8 Å². The molecule has 0 atom stereocenters. The van der Waals surface area contributed by atoms with Gasteiger partial charge in [0.1, 0.15) is 6.07 Å². The number of hydrogen-bond acceptors (Lipinski definition) is 5. The van der Waals surface area contributed by atoms with Gasteiger partial charge < -0.3 is 5.43 Å². The van der Waals surface area contributed by atoms with Crippen molar-refractivity contribution in [1.29, 1.82) is 5.26 Å². The zero-order chi connectivity index (χ0) is 16.6. The fraction of sp³-hybridized carbons (Fsp3) is 0.125. The summed E-state index contributed by atoms with van der Waals surface area (Å²) < 4.78 is 1.42. The number of rotatable bonds is 2. The lowest BCUT2D eigenvalue weighted by molar-refractivity contribution is -0.119. The van der Waals surface area contributed by atoms with Crippen LogP contribution in [-0.2, 0) is 4.79 Å². The van der Waals surface area contributed by atoms with Crippen molar-refractivity contribution in [3.63, 3.8) is 0 Å². The minimum atomic E-state index is -0.303. The van der Waals surface area contributed by atoms with Crippen LogP contribution in [0.4, 0.5) is 0 Å². The molecule has 0 spiro atoms. The molecule has 0 aliphatic carbocycles. The third-order valence-electron chi connectivity index (χ3n) is 3.57. The van der Waals surface area contributed by atoms with E-state index in [1.54, 1.807) is 25.1 Å². The Morgan fingerprint density at radius 1 is 1.39 bits per heavy atom. The third-order valence-corrected chi connectivity index (χ3v) is 3.57. The van der Waals surface area contributed by atoms with E-state index in [9.17, 15) is 14.9 Å². The first-order valence-electron chi connectivity index (χ1n) is 6.90. The lowest BCUT2D eigenvalue weighted by Crippen LogP contribution is -2.39. The van der Waals surface area contributed by atoms with Crippen molar-refractivity contribution in [3.05, 3.63) is 51.0 Å². The number of para-hydroxylation sites is 2. The van der Waals surface area contributed by atoms with Crippen molar-refractivity contribution < 1.29 is 4.79 Å². The van der Waals surface area contributed by atoms with Gasteiger partial charge in [0.2, 0.25) is 5.91 Å². The summed E-state index contributed by atoms with van der Waals surface area (Å²) in [7, 11) is 0. The second-order valence-corrected chi connectivity index (χ2v) is 5.06. The van der Waals surface area contributed by atoms with Gasteiger partial charge in [0.25, 0.3) is 5.56 Å². The van der Waals surface area contributed by atoms with Gasteiger partial charge >= 0.3 is 0 Å². The molecule has 2 N–H and O–H groups in total. The highest BCUT2D eigenvalue weighted by Gasteiger charge is 2.15. The van der Waals surface area contributed by atoms with Crippen LogP contribution in [0, 0.1) is 18.3 Å². The molecule has 2 aromatic heterocycles. The van der Waals surface area contributed by atoms with Crippen LogP contribution >= 0.6 is 0 Å². The Kier molecular flexibility index (Phi) is 3.43. The second kappa shape index (κ2) is 5.42. The molecule has 1 aromatic carbocycles. The van der Waals surface area contributed by atoms with Crippen LogP contribution in [0.15, 0.2) is 29.1 Å². The van der Waals surface area contributed by atoms with Crippen LogP contribution in [0.1, 0.15) is 18.1 Å². The molecule has 0 fully saturated rings. The number of carbonyl (C=O) groups excluding carboxylic acids is 1. The number of imidazole rings is 1. The van der Waals surface area contributed by atoms with E-state index in [2.05, 4.69) is 21.9 Å². The summed E-state index contributed by atoms with van der Waals surface area (Å²) in [6.45, 7) is 3.03. The molecule has 0 saturated carbocycles. The fourth-order valence-electron chi connectivity index (χ4n) is 2.50. The van der Waals surface area contributed by atoms with Crippen LogP contribution in [0.3, 0.4) is 0 Å². The van der Waals surface area contributed by atoms with Gasteiger partial charge in [-0.05, 0) is 24.6 Å². The molecule has 7 heteroatoms. The zero-order valence-electron chi connectivity index (χ0n) is 12.5. The number of hydrogen-bond donors (Lipinski definition) is 2. The summed E-state index contributed by atoms with van der Waals surface area (Å²) in [6, 6.07) is 9.30. The van der Waals surface area contributed by atoms with E-state index < -0.39 is 0 Å². The lowest BCUT2D eigenvalue weighted by Gasteiger charge is -2.04. The summed E-state index contributed by atoms with van der Waals surface area (Å²) in [5, 5.41) is 9.76. The van der Waals surface area contributed by atoms with Crippen molar-refractivity contribution in [2.75, 3.05) is 0 Å². The van der Waals surface area contributed by atoms with Crippen molar-refractivity contribution in [3.8, 4) is 6.07 Å². The van der Waals surface area contributed by atoms with Gasteiger partial charge in [0.05, 0.1) is 21.8 Å². The summed E-state index contributed by atoms with van der Waals surface area (Å²) in [5.74, 6) is -0.291. The minimum absolute atomic E-state index is 0.291. The number of nitrogens with zero attached hydrogens (tertiary/aromatic N) is 3. The maximum atomic E-state index is 12.8. The minimum Gasteiger partial charge on any atom is -0.305 e. The Balaban J connectivity index is 2.42. The van der Waals surface area contributed by atoms with E-state index >= 15 is 0 Å². The summed E-state index contributed by atoms with van der Waals surface area (Å²) in [4.78, 5) is 28.1. The molecule has 0 bridgehead atoms. The molecule has 2 heterocycles. The molecule has 3 aromatic rings. The summed E-state index contributed by atoms with van der Waals surface area (Å²) >= 11 is 0. The van der Waals surface area contributed by atoms with Gasteiger partial charge in [-0.2, -0.15) is 5.26 Å². The smallest absolute Gasteiger partial charge is 0.265 e. The van der Waals surface area contributed by atoms with Crippen molar-refractivity contribution in [2.24, 2.45) is 0 Å². The standard InChI is InChI=1S/C16H13N5O2/c1-9-11(7-17)15-19-13-5-3-4-6-14(13)21(15)16(23)12(9)8-18-20-10(2)22/h3-6,8,18H,1-2H3,(H,20,22). The van der Waals surface area contributed by atoms with Crippen LogP contribution in [0.25, 0.3) is 22.9 Å². The first-order valence-corrected chi connectivity index (χ1v) is 6.90. The first kappa shape index (κ1) is 14.5. The number of benzene rings is 1. The SMILES string of the molecule is CC(=O)NNC=c1c(C)c(C#N)c2nc3ccccc3n2c1=O. The highest BCUT2D eigenvalue weighted by molar-refractivity contribution is 5.82.